The summed E-state index contributed by atoms with van der Waals surface area (Å²) < 4.78 is 41.0. The van der Waals surface area contributed by atoms with Crippen molar-refractivity contribution in [2.24, 2.45) is 0 Å². The molecular weight excluding hydrogens is 241 g/mol. The fraction of sp³-hybridized carbons (Fsp3) is 0.222. The Kier molecular flexibility index (Phi) is 2.49. The van der Waals surface area contributed by atoms with Gasteiger partial charge in [0.15, 0.2) is 5.58 Å². The van der Waals surface area contributed by atoms with Crippen molar-refractivity contribution in [3.8, 4) is 0 Å². The highest BCUT2D eigenvalue weighted by Gasteiger charge is 2.30. The van der Waals surface area contributed by atoms with Gasteiger partial charge in [0.25, 0.3) is 5.69 Å². The first-order valence-electron chi connectivity index (χ1n) is 4.46. The highest BCUT2D eigenvalue weighted by Crippen LogP contribution is 2.25. The third kappa shape index (κ3) is 2.52. The van der Waals surface area contributed by atoms with E-state index in [0.29, 0.717) is 0 Å². The highest BCUT2D eigenvalue weighted by atomic mass is 19.4. The minimum atomic E-state index is -4.42. The quantitative estimate of drug-likeness (QED) is 0.603. The summed E-state index contributed by atoms with van der Waals surface area (Å²) in [5.41, 5.74) is -0.113. The van der Waals surface area contributed by atoms with Crippen LogP contribution in [0, 0.1) is 10.1 Å². The minimum absolute atomic E-state index is 0.0402. The number of nitrogens with zero attached hydrogens (tertiary/aromatic N) is 2. The molecule has 90 valence electrons. The van der Waals surface area contributed by atoms with Crippen molar-refractivity contribution in [1.82, 2.24) is 4.98 Å². The summed E-state index contributed by atoms with van der Waals surface area (Å²) in [6.45, 7) is 0. The molecule has 17 heavy (non-hydrogen) atoms. The van der Waals surface area contributed by atoms with Gasteiger partial charge in [-0.1, -0.05) is 0 Å². The molecule has 0 bridgehead atoms. The zero-order chi connectivity index (χ0) is 12.6. The summed E-state index contributed by atoms with van der Waals surface area (Å²) in [6.07, 6.45) is -5.72. The molecule has 8 heteroatoms. The van der Waals surface area contributed by atoms with Crippen LogP contribution in [-0.4, -0.2) is 16.1 Å². The van der Waals surface area contributed by atoms with Gasteiger partial charge in [-0.2, -0.15) is 13.2 Å². The molecular formula is C9H5F3N2O3. The normalized spacial score (nSPS) is 11.9. The molecule has 0 fully saturated rings. The van der Waals surface area contributed by atoms with Crippen molar-refractivity contribution in [1.29, 1.82) is 0 Å². The van der Waals surface area contributed by atoms with Crippen molar-refractivity contribution in [2.75, 3.05) is 0 Å². The lowest BCUT2D eigenvalue weighted by Crippen LogP contribution is -2.11. The molecule has 0 aliphatic heterocycles. The molecule has 0 saturated carbocycles. The molecule has 1 heterocycles. The predicted octanol–water partition coefficient (Wildman–Crippen LogP) is 2.84. The number of rotatable bonds is 2. The summed E-state index contributed by atoms with van der Waals surface area (Å²) in [7, 11) is 0. The maximum atomic E-state index is 12.1. The molecule has 0 unspecified atom stereocenters. The van der Waals surface area contributed by atoms with E-state index in [2.05, 4.69) is 4.98 Å². The van der Waals surface area contributed by atoms with E-state index in [9.17, 15) is 23.3 Å². The van der Waals surface area contributed by atoms with Gasteiger partial charge >= 0.3 is 6.18 Å². The van der Waals surface area contributed by atoms with Crippen molar-refractivity contribution in [3.63, 3.8) is 0 Å². The Balaban J connectivity index is 2.40. The fourth-order valence-corrected chi connectivity index (χ4v) is 1.32. The standard InChI is InChI=1S/C9H5F3N2O3/c10-9(11,12)4-8-13-6-3-5(14(15)16)1-2-7(6)17-8/h1-3H,4H2. The van der Waals surface area contributed by atoms with Crippen LogP contribution >= 0.6 is 0 Å². The van der Waals surface area contributed by atoms with Gasteiger partial charge in [0.1, 0.15) is 11.9 Å². The van der Waals surface area contributed by atoms with Crippen molar-refractivity contribution in [3.05, 3.63) is 34.2 Å². The molecule has 0 aliphatic rings. The van der Waals surface area contributed by atoms with E-state index < -0.39 is 23.4 Å². The fourth-order valence-electron chi connectivity index (χ4n) is 1.32. The number of hydrogen-bond donors (Lipinski definition) is 0. The van der Waals surface area contributed by atoms with E-state index in [1.165, 1.54) is 6.07 Å². The Hall–Kier alpha value is -2.12. The van der Waals surface area contributed by atoms with Crippen LogP contribution in [-0.2, 0) is 6.42 Å². The molecule has 5 nitrogen and oxygen atoms in total. The second kappa shape index (κ2) is 3.72. The Morgan fingerprint density at radius 2 is 2.12 bits per heavy atom. The smallest absolute Gasteiger partial charge is 0.397 e. The van der Waals surface area contributed by atoms with E-state index in [4.69, 9.17) is 4.42 Å². The van der Waals surface area contributed by atoms with Crippen LogP contribution in [0.3, 0.4) is 0 Å². The minimum Gasteiger partial charge on any atom is -0.440 e. The third-order valence-electron chi connectivity index (χ3n) is 1.98. The van der Waals surface area contributed by atoms with Crippen molar-refractivity contribution >= 4 is 16.8 Å². The molecule has 1 aromatic heterocycles. The van der Waals surface area contributed by atoms with Crippen molar-refractivity contribution < 1.29 is 22.5 Å². The van der Waals surface area contributed by atoms with E-state index in [1.807, 2.05) is 0 Å². The zero-order valence-corrected chi connectivity index (χ0v) is 8.19. The molecule has 0 saturated heterocycles. The Labute approximate surface area is 92.0 Å². The lowest BCUT2D eigenvalue weighted by atomic mass is 10.3. The second-order valence-corrected chi connectivity index (χ2v) is 3.31. The van der Waals surface area contributed by atoms with Gasteiger partial charge in [-0.05, 0) is 6.07 Å². The van der Waals surface area contributed by atoms with E-state index in [1.54, 1.807) is 0 Å². The van der Waals surface area contributed by atoms with Gasteiger partial charge in [-0.15, -0.1) is 0 Å². The number of alkyl halides is 3. The Morgan fingerprint density at radius 3 is 2.71 bits per heavy atom. The van der Waals surface area contributed by atoms with Gasteiger partial charge in [0.2, 0.25) is 5.89 Å². The molecule has 0 radical (unpaired) electrons. The molecule has 0 amide bonds. The van der Waals surface area contributed by atoms with Crippen LogP contribution in [0.4, 0.5) is 18.9 Å². The van der Waals surface area contributed by atoms with Crippen LogP contribution in [0.25, 0.3) is 11.1 Å². The zero-order valence-electron chi connectivity index (χ0n) is 8.19. The average molecular weight is 246 g/mol. The topological polar surface area (TPSA) is 69.2 Å². The monoisotopic (exact) mass is 246 g/mol. The van der Waals surface area contributed by atoms with E-state index in [-0.39, 0.29) is 16.8 Å². The summed E-state index contributed by atoms with van der Waals surface area (Å²) in [5, 5.41) is 10.4. The van der Waals surface area contributed by atoms with Gasteiger partial charge in [0.05, 0.1) is 4.92 Å². The molecule has 2 rings (SSSR count). The second-order valence-electron chi connectivity index (χ2n) is 3.31. The summed E-state index contributed by atoms with van der Waals surface area (Å²) in [4.78, 5) is 13.3. The first-order chi connectivity index (χ1) is 7.85. The van der Waals surface area contributed by atoms with Crippen molar-refractivity contribution in [2.45, 2.75) is 12.6 Å². The maximum absolute atomic E-state index is 12.1. The van der Waals surface area contributed by atoms with E-state index >= 15 is 0 Å². The SMILES string of the molecule is O=[N+]([O-])c1ccc2oc(CC(F)(F)F)nc2c1. The van der Waals surface area contributed by atoms with Crippen LogP contribution in [0.1, 0.15) is 5.89 Å². The first-order valence-corrected chi connectivity index (χ1v) is 4.46. The average Bonchev–Trinajstić information content (AvgIpc) is 2.54. The molecule has 0 atom stereocenters. The number of hydrogen-bond acceptors (Lipinski definition) is 4. The van der Waals surface area contributed by atoms with E-state index in [0.717, 1.165) is 12.1 Å². The third-order valence-corrected chi connectivity index (χ3v) is 1.98. The number of benzene rings is 1. The van der Waals surface area contributed by atoms with Crippen LogP contribution < -0.4 is 0 Å². The van der Waals surface area contributed by atoms with Gasteiger partial charge in [0, 0.05) is 12.1 Å². The Morgan fingerprint density at radius 1 is 1.41 bits per heavy atom. The Bertz CT molecular complexity index is 576. The van der Waals surface area contributed by atoms with Gasteiger partial charge < -0.3 is 4.42 Å². The van der Waals surface area contributed by atoms with Crippen LogP contribution in [0.5, 0.6) is 0 Å². The van der Waals surface area contributed by atoms with Crippen LogP contribution in [0.2, 0.25) is 0 Å². The predicted molar refractivity (Wildman–Crippen MR) is 50.4 cm³/mol. The number of halogens is 3. The molecule has 0 aliphatic carbocycles. The number of oxazole rings is 1. The molecule has 1 aromatic carbocycles. The molecule has 0 spiro atoms. The number of non-ortho nitro benzene ring substituents is 1. The van der Waals surface area contributed by atoms with Gasteiger partial charge in [-0.3, -0.25) is 10.1 Å². The summed E-state index contributed by atoms with van der Waals surface area (Å²) in [5.74, 6) is -0.506. The summed E-state index contributed by atoms with van der Waals surface area (Å²) >= 11 is 0. The largest absolute Gasteiger partial charge is 0.440 e. The molecule has 0 N–H and O–H groups in total. The number of nitro groups is 1. The lowest BCUT2D eigenvalue weighted by molar-refractivity contribution is -0.384. The van der Waals surface area contributed by atoms with Gasteiger partial charge in [-0.25, -0.2) is 4.98 Å². The number of aromatic nitrogens is 1. The molecule has 2 aromatic rings. The lowest BCUT2D eigenvalue weighted by Gasteiger charge is -2.00. The maximum Gasteiger partial charge on any atom is 0.397 e. The number of fused-ring (bicyclic) bond motifs is 1. The summed E-state index contributed by atoms with van der Waals surface area (Å²) in [6, 6.07) is 3.43. The number of nitro benzene ring substituents is 1. The first kappa shape index (κ1) is 11.4. The van der Waals surface area contributed by atoms with Crippen LogP contribution in [0.15, 0.2) is 22.6 Å². The highest BCUT2D eigenvalue weighted by molar-refractivity contribution is 5.75.